The van der Waals surface area contributed by atoms with Crippen molar-refractivity contribution in [2.75, 3.05) is 13.1 Å². The van der Waals surface area contributed by atoms with E-state index < -0.39 is 11.0 Å². The lowest BCUT2D eigenvalue weighted by Crippen LogP contribution is -2.75. The highest BCUT2D eigenvalue weighted by atomic mass is 16.5. The van der Waals surface area contributed by atoms with Gasteiger partial charge in [0.05, 0.1) is 11.0 Å². The van der Waals surface area contributed by atoms with E-state index in [-0.39, 0.29) is 17.9 Å². The Labute approximate surface area is 148 Å². The van der Waals surface area contributed by atoms with Gasteiger partial charge < -0.3 is 14.9 Å². The predicted molar refractivity (Wildman–Crippen MR) is 93.9 cm³/mol. The summed E-state index contributed by atoms with van der Waals surface area (Å²) in [5.74, 6) is 1.64. The molecule has 0 amide bonds. The van der Waals surface area contributed by atoms with Crippen molar-refractivity contribution in [3.63, 3.8) is 0 Å². The van der Waals surface area contributed by atoms with E-state index >= 15 is 0 Å². The van der Waals surface area contributed by atoms with E-state index in [0.29, 0.717) is 5.75 Å². The number of phenolic OH excluding ortho intramolecular Hbond substituents is 1. The zero-order valence-electron chi connectivity index (χ0n) is 14.5. The summed E-state index contributed by atoms with van der Waals surface area (Å²) in [6.07, 6.45) is 5.79. The molecule has 2 heterocycles. The summed E-state index contributed by atoms with van der Waals surface area (Å²) in [4.78, 5) is 2.56. The highest BCUT2D eigenvalue weighted by Gasteiger charge is 2.71. The van der Waals surface area contributed by atoms with Crippen molar-refractivity contribution in [3.8, 4) is 11.5 Å². The number of rotatable bonds is 2. The number of phenols is 1. The van der Waals surface area contributed by atoms with E-state index in [4.69, 9.17) is 4.74 Å². The van der Waals surface area contributed by atoms with Gasteiger partial charge in [-0.1, -0.05) is 12.6 Å². The molecule has 2 N–H and O–H groups in total. The fourth-order valence-electron chi connectivity index (χ4n) is 6.39. The third-order valence-corrected chi connectivity index (χ3v) is 7.71. The lowest BCUT2D eigenvalue weighted by atomic mass is 9.48. The van der Waals surface area contributed by atoms with E-state index in [9.17, 15) is 10.2 Å². The zero-order valence-corrected chi connectivity index (χ0v) is 14.5. The molecule has 4 nitrogen and oxygen atoms in total. The van der Waals surface area contributed by atoms with Gasteiger partial charge in [0, 0.05) is 18.2 Å². The molecule has 0 aromatic heterocycles. The van der Waals surface area contributed by atoms with Gasteiger partial charge in [-0.15, -0.1) is 0 Å². The maximum absolute atomic E-state index is 12.1. The normalized spacial score (nSPS) is 41.4. The van der Waals surface area contributed by atoms with Gasteiger partial charge in [-0.3, -0.25) is 4.90 Å². The summed E-state index contributed by atoms with van der Waals surface area (Å²) in [6, 6.07) is 3.96. The molecule has 1 aromatic carbocycles. The number of likely N-dealkylation sites (tertiary alicyclic amines) is 1. The molecule has 4 atom stereocenters. The molecule has 25 heavy (non-hydrogen) atoms. The maximum atomic E-state index is 12.1. The van der Waals surface area contributed by atoms with E-state index in [2.05, 4.69) is 11.5 Å². The first-order valence-corrected chi connectivity index (χ1v) is 9.71. The first-order valence-electron chi connectivity index (χ1n) is 9.71. The van der Waals surface area contributed by atoms with Crippen LogP contribution in [0.4, 0.5) is 0 Å². The Hall–Kier alpha value is -1.52. The van der Waals surface area contributed by atoms with Crippen LogP contribution in [0.1, 0.15) is 43.2 Å². The van der Waals surface area contributed by atoms with Crippen molar-refractivity contribution in [2.24, 2.45) is 5.92 Å². The minimum Gasteiger partial charge on any atom is -0.504 e. The van der Waals surface area contributed by atoms with Gasteiger partial charge in [0.15, 0.2) is 11.5 Å². The highest BCUT2D eigenvalue weighted by Crippen LogP contribution is 2.66. The van der Waals surface area contributed by atoms with Gasteiger partial charge >= 0.3 is 0 Å². The number of hydrogen-bond donors (Lipinski definition) is 2. The lowest BCUT2D eigenvalue weighted by molar-refractivity contribution is -0.174. The maximum Gasteiger partial charge on any atom is 0.166 e. The molecule has 1 aromatic rings. The molecule has 1 saturated heterocycles. The second-order valence-corrected chi connectivity index (χ2v) is 8.91. The molecular formula is C21H25NO3. The van der Waals surface area contributed by atoms with E-state index in [1.807, 2.05) is 6.07 Å². The first kappa shape index (κ1) is 14.6. The molecule has 2 saturated carbocycles. The minimum atomic E-state index is -0.780. The molecular weight excluding hydrogens is 314 g/mol. The molecule has 132 valence electrons. The van der Waals surface area contributed by atoms with Crippen LogP contribution in [0, 0.1) is 5.92 Å². The molecule has 3 fully saturated rings. The van der Waals surface area contributed by atoms with Crippen molar-refractivity contribution in [1.82, 2.24) is 4.90 Å². The lowest BCUT2D eigenvalue weighted by Gasteiger charge is -2.63. The Kier molecular flexibility index (Phi) is 2.58. The fourth-order valence-corrected chi connectivity index (χ4v) is 6.39. The Balaban J connectivity index is 1.58. The Morgan fingerprint density at radius 2 is 2.12 bits per heavy atom. The van der Waals surface area contributed by atoms with Gasteiger partial charge in [-0.05, 0) is 68.2 Å². The number of aromatic hydroxyl groups is 1. The average molecular weight is 339 g/mol. The molecule has 1 spiro atoms. The third-order valence-electron chi connectivity index (χ3n) is 7.71. The van der Waals surface area contributed by atoms with Crippen LogP contribution < -0.4 is 4.74 Å². The van der Waals surface area contributed by atoms with Crippen LogP contribution in [0.3, 0.4) is 0 Å². The topological polar surface area (TPSA) is 52.9 Å². The standard InChI is InChI=1S/C21H25NO3/c1-12-6-7-21(24)16-10-14-4-5-15(23)18-17(14)20(21,19(12)25-18)8-9-22(16)11-13-2-3-13/h4-5,13,16,19,23-24H,1-3,6-11H2/t16?,19-,20-,21+/m0/s1. The minimum absolute atomic E-state index is 0.157. The molecule has 1 unspecified atom stereocenters. The number of ether oxygens (including phenoxy) is 1. The van der Waals surface area contributed by atoms with Crippen molar-refractivity contribution >= 4 is 0 Å². The van der Waals surface area contributed by atoms with Crippen LogP contribution in [-0.4, -0.2) is 45.9 Å². The summed E-state index contributed by atoms with van der Waals surface area (Å²) >= 11 is 0. The van der Waals surface area contributed by atoms with Gasteiger partial charge in [0.25, 0.3) is 0 Å². The van der Waals surface area contributed by atoms with Crippen LogP contribution >= 0.6 is 0 Å². The summed E-state index contributed by atoms with van der Waals surface area (Å²) in [6.45, 7) is 6.40. The van der Waals surface area contributed by atoms with E-state index in [0.717, 1.165) is 55.8 Å². The summed E-state index contributed by atoms with van der Waals surface area (Å²) in [5, 5.41) is 22.5. The second-order valence-electron chi connectivity index (χ2n) is 8.91. The highest BCUT2D eigenvalue weighted by molar-refractivity contribution is 5.63. The van der Waals surface area contributed by atoms with Crippen molar-refractivity contribution < 1.29 is 14.9 Å². The number of aliphatic hydroxyl groups is 1. The quantitative estimate of drug-likeness (QED) is 0.813. The molecule has 4 heteroatoms. The molecule has 2 bridgehead atoms. The molecule has 6 rings (SSSR count). The van der Waals surface area contributed by atoms with Crippen LogP contribution in [0.2, 0.25) is 0 Å². The number of nitrogens with zero attached hydrogens (tertiary/aromatic N) is 1. The van der Waals surface area contributed by atoms with Gasteiger partial charge in [-0.25, -0.2) is 0 Å². The van der Waals surface area contributed by atoms with Crippen molar-refractivity contribution in [1.29, 1.82) is 0 Å². The molecule has 0 radical (unpaired) electrons. The first-order chi connectivity index (χ1) is 12.0. The van der Waals surface area contributed by atoms with Gasteiger partial charge in [0.1, 0.15) is 6.10 Å². The molecule has 3 aliphatic carbocycles. The average Bonchev–Trinajstić information content (AvgIpc) is 3.32. The fraction of sp³-hybridized carbons (Fsp3) is 0.619. The van der Waals surface area contributed by atoms with E-state index in [1.165, 1.54) is 18.4 Å². The second kappa shape index (κ2) is 4.41. The largest absolute Gasteiger partial charge is 0.504 e. The Morgan fingerprint density at radius 1 is 1.28 bits per heavy atom. The van der Waals surface area contributed by atoms with Crippen molar-refractivity contribution in [2.45, 2.75) is 61.7 Å². The number of benzene rings is 1. The van der Waals surface area contributed by atoms with Crippen LogP contribution in [0.5, 0.6) is 11.5 Å². The predicted octanol–water partition coefficient (Wildman–Crippen LogP) is 2.51. The smallest absolute Gasteiger partial charge is 0.166 e. The Morgan fingerprint density at radius 3 is 2.92 bits per heavy atom. The molecule has 5 aliphatic rings. The SMILES string of the molecule is C=C1CC[C@@]2(O)C3Cc4ccc(O)c5c4[C@@]2(CCN3CC2CC2)[C@H]1O5. The van der Waals surface area contributed by atoms with Gasteiger partial charge in [-0.2, -0.15) is 0 Å². The van der Waals surface area contributed by atoms with Crippen LogP contribution in [0.15, 0.2) is 24.3 Å². The van der Waals surface area contributed by atoms with E-state index in [1.54, 1.807) is 6.07 Å². The van der Waals surface area contributed by atoms with Crippen molar-refractivity contribution in [3.05, 3.63) is 35.4 Å². The Bertz CT molecular complexity index is 801. The summed E-state index contributed by atoms with van der Waals surface area (Å²) < 4.78 is 6.29. The van der Waals surface area contributed by atoms with Gasteiger partial charge in [0.2, 0.25) is 0 Å². The zero-order chi connectivity index (χ0) is 17.0. The summed E-state index contributed by atoms with van der Waals surface area (Å²) in [7, 11) is 0. The third kappa shape index (κ3) is 1.57. The number of piperidine rings is 1. The monoisotopic (exact) mass is 339 g/mol. The molecule has 2 aliphatic heterocycles. The van der Waals surface area contributed by atoms with Crippen LogP contribution in [0.25, 0.3) is 0 Å². The van der Waals surface area contributed by atoms with Crippen LogP contribution in [-0.2, 0) is 11.8 Å². The summed E-state index contributed by atoms with van der Waals surface area (Å²) in [5.41, 5.74) is 2.21. The number of hydrogen-bond acceptors (Lipinski definition) is 4.